The van der Waals surface area contributed by atoms with Crippen molar-refractivity contribution in [3.63, 3.8) is 0 Å². The van der Waals surface area contributed by atoms with E-state index in [-0.39, 0.29) is 24.5 Å². The monoisotopic (exact) mass is 485 g/mol. The van der Waals surface area contributed by atoms with E-state index in [9.17, 15) is 9.59 Å². The number of carbonyl (C=O) groups is 2. The summed E-state index contributed by atoms with van der Waals surface area (Å²) in [6.45, 7) is 4.57. The van der Waals surface area contributed by atoms with Crippen molar-refractivity contribution in [3.05, 3.63) is 30.3 Å². The first-order valence-corrected chi connectivity index (χ1v) is 12.1. The Balaban J connectivity index is 1.74. The minimum absolute atomic E-state index is 0.0521. The number of carbonyl (C=O) groups excluding carboxylic acids is 2. The van der Waals surface area contributed by atoms with E-state index in [0.29, 0.717) is 18.2 Å². The van der Waals surface area contributed by atoms with Crippen molar-refractivity contribution in [1.82, 2.24) is 35.7 Å². The summed E-state index contributed by atoms with van der Waals surface area (Å²) in [4.78, 5) is 29.0. The van der Waals surface area contributed by atoms with Gasteiger partial charge in [0.05, 0.1) is 24.7 Å². The molecule has 2 amide bonds. The van der Waals surface area contributed by atoms with Crippen LogP contribution in [-0.2, 0) is 20.9 Å². The minimum Gasteiger partial charge on any atom is -0.363 e. The molecule has 1 unspecified atom stereocenters. The number of rotatable bonds is 11. The van der Waals surface area contributed by atoms with Crippen molar-refractivity contribution in [1.29, 1.82) is 0 Å². The van der Waals surface area contributed by atoms with Crippen LogP contribution >= 0.6 is 11.8 Å². The highest BCUT2D eigenvalue weighted by Crippen LogP contribution is 2.27. The van der Waals surface area contributed by atoms with E-state index in [4.69, 9.17) is 11.2 Å². The van der Waals surface area contributed by atoms with Gasteiger partial charge in [-0.3, -0.25) is 9.59 Å². The van der Waals surface area contributed by atoms with Gasteiger partial charge in [-0.05, 0) is 68.1 Å². The third kappa shape index (κ3) is 6.56. The topological polar surface area (TPSA) is 114 Å². The van der Waals surface area contributed by atoms with Crippen LogP contribution < -0.4 is 10.6 Å². The molecule has 1 aromatic carbocycles. The molecule has 0 spiro atoms. The van der Waals surface area contributed by atoms with E-state index >= 15 is 0 Å². The van der Waals surface area contributed by atoms with Crippen LogP contribution in [-0.4, -0.2) is 81.4 Å². The van der Waals surface area contributed by atoms with Gasteiger partial charge >= 0.3 is 0 Å². The molecule has 1 saturated heterocycles. The molecular formula is C23H31N7O3S. The highest BCUT2D eigenvalue weighted by atomic mass is 32.2. The molecule has 1 aliphatic rings. The Kier molecular flexibility index (Phi) is 9.44. The van der Waals surface area contributed by atoms with Crippen molar-refractivity contribution in [2.75, 3.05) is 20.2 Å². The highest BCUT2D eigenvalue weighted by molar-refractivity contribution is 7.99. The highest BCUT2D eigenvalue weighted by Gasteiger charge is 2.38. The van der Waals surface area contributed by atoms with Crippen LogP contribution in [0.1, 0.15) is 26.7 Å². The summed E-state index contributed by atoms with van der Waals surface area (Å²) in [6, 6.07) is 8.44. The van der Waals surface area contributed by atoms with Crippen LogP contribution in [0.25, 0.3) is 0 Å². The van der Waals surface area contributed by atoms with E-state index < -0.39 is 18.2 Å². The van der Waals surface area contributed by atoms with Gasteiger partial charge in [0.2, 0.25) is 17.0 Å². The Morgan fingerprint density at radius 1 is 1.32 bits per heavy atom. The van der Waals surface area contributed by atoms with Gasteiger partial charge in [-0.25, -0.2) is 4.68 Å². The lowest BCUT2D eigenvalue weighted by molar-refractivity contribution is -0.141. The lowest BCUT2D eigenvalue weighted by Crippen LogP contribution is -2.58. The summed E-state index contributed by atoms with van der Waals surface area (Å²) >= 11 is 1.47. The van der Waals surface area contributed by atoms with E-state index in [1.54, 1.807) is 30.5 Å². The molecule has 2 heterocycles. The zero-order chi connectivity index (χ0) is 24.5. The molecule has 182 valence electrons. The lowest BCUT2D eigenvalue weighted by Gasteiger charge is -2.32. The second kappa shape index (κ2) is 12.5. The third-order valence-electron chi connectivity index (χ3n) is 5.78. The van der Waals surface area contributed by atoms with E-state index in [0.717, 1.165) is 17.7 Å². The molecule has 11 heteroatoms. The van der Waals surface area contributed by atoms with Crippen LogP contribution in [0.3, 0.4) is 0 Å². The molecule has 0 aliphatic carbocycles. The summed E-state index contributed by atoms with van der Waals surface area (Å²) in [6.07, 6.45) is 6.40. The smallest absolute Gasteiger partial charge is 0.248 e. The first-order valence-electron chi connectivity index (χ1n) is 11.3. The molecule has 0 radical (unpaired) electrons. The molecular weight excluding hydrogens is 454 g/mol. The second-order valence-electron chi connectivity index (χ2n) is 8.10. The molecule has 3 rings (SSSR count). The van der Waals surface area contributed by atoms with Crippen molar-refractivity contribution < 1.29 is 14.3 Å². The van der Waals surface area contributed by atoms with Crippen LogP contribution in [0.15, 0.2) is 40.4 Å². The fourth-order valence-corrected chi connectivity index (χ4v) is 4.53. The fraction of sp³-hybridized carbons (Fsp3) is 0.522. The number of hydrogen-bond acceptors (Lipinski definition) is 8. The number of amides is 2. The second-order valence-corrected chi connectivity index (χ2v) is 9.14. The van der Waals surface area contributed by atoms with Crippen LogP contribution in [0, 0.1) is 12.3 Å². The average Bonchev–Trinajstić information content (AvgIpc) is 3.50. The average molecular weight is 486 g/mol. The molecule has 34 heavy (non-hydrogen) atoms. The third-order valence-corrected chi connectivity index (χ3v) is 6.77. The maximum Gasteiger partial charge on any atom is 0.248 e. The first-order chi connectivity index (χ1) is 16.4. The number of likely N-dealkylation sites (tertiary alicyclic amines) is 1. The summed E-state index contributed by atoms with van der Waals surface area (Å²) in [5.74, 6) is 1.93. The van der Waals surface area contributed by atoms with Crippen LogP contribution in [0.5, 0.6) is 0 Å². The van der Waals surface area contributed by atoms with E-state index in [1.807, 2.05) is 30.3 Å². The largest absolute Gasteiger partial charge is 0.363 e. The molecule has 0 saturated carbocycles. The molecule has 1 fully saturated rings. The number of aromatic nitrogens is 4. The normalized spacial score (nSPS) is 18.2. The van der Waals surface area contributed by atoms with Crippen molar-refractivity contribution in [2.45, 2.75) is 67.5 Å². The predicted molar refractivity (Wildman–Crippen MR) is 128 cm³/mol. The van der Waals surface area contributed by atoms with Crippen molar-refractivity contribution in [3.8, 4) is 12.3 Å². The fourth-order valence-electron chi connectivity index (χ4n) is 3.74. The minimum atomic E-state index is -0.857. The molecule has 1 aliphatic heterocycles. The SMILES string of the molecule is C#CCO[C@H](C)[C@H](NC(=O)[C@H](C)NC)C(=O)N1CCCC1Cn1nnnc1Sc1ccccc1. The molecule has 10 nitrogen and oxygen atoms in total. The lowest BCUT2D eigenvalue weighted by atomic mass is 10.1. The molecule has 4 atom stereocenters. The first kappa shape index (κ1) is 25.7. The van der Waals surface area contributed by atoms with Gasteiger partial charge in [-0.2, -0.15) is 0 Å². The number of terminal acetylenes is 1. The summed E-state index contributed by atoms with van der Waals surface area (Å²) in [5.41, 5.74) is 0. The summed E-state index contributed by atoms with van der Waals surface area (Å²) in [7, 11) is 1.69. The van der Waals surface area contributed by atoms with Crippen LogP contribution in [0.4, 0.5) is 0 Å². The molecule has 1 aromatic heterocycles. The Morgan fingerprint density at radius 3 is 2.79 bits per heavy atom. The molecule has 2 aromatic rings. The number of ether oxygens (including phenoxy) is 1. The van der Waals surface area contributed by atoms with Gasteiger partial charge in [-0.1, -0.05) is 24.1 Å². The Morgan fingerprint density at radius 2 is 2.09 bits per heavy atom. The van der Waals surface area contributed by atoms with Crippen molar-refractivity contribution in [2.24, 2.45) is 0 Å². The number of hydrogen-bond donors (Lipinski definition) is 2. The van der Waals surface area contributed by atoms with E-state index in [2.05, 4.69) is 32.1 Å². The van der Waals surface area contributed by atoms with Gasteiger partial charge in [0.25, 0.3) is 0 Å². The standard InChI is InChI=1S/C23H31N7O3S/c1-5-14-33-17(3)20(25-21(31)16(2)24-4)22(32)29-13-9-10-18(29)15-30-23(26-27-28-30)34-19-11-7-6-8-12-19/h1,6-8,11-12,16-18,20,24H,9-10,13-15H2,2-4H3,(H,25,31)/t16-,17+,18?,20-/m0/s1. The summed E-state index contributed by atoms with van der Waals surface area (Å²) in [5, 5.41) is 18.5. The maximum atomic E-state index is 13.6. The number of likely N-dealkylation sites (N-methyl/N-ethyl adjacent to an activating group) is 1. The maximum absolute atomic E-state index is 13.6. The van der Waals surface area contributed by atoms with Crippen molar-refractivity contribution >= 4 is 23.6 Å². The number of benzene rings is 1. The predicted octanol–water partition coefficient (Wildman–Crippen LogP) is 0.946. The van der Waals surface area contributed by atoms with Gasteiger partial charge in [-0.15, -0.1) is 11.5 Å². The zero-order valence-corrected chi connectivity index (χ0v) is 20.5. The molecule has 2 N–H and O–H groups in total. The number of nitrogens with zero attached hydrogens (tertiary/aromatic N) is 5. The Hall–Kier alpha value is -2.94. The quantitative estimate of drug-likeness (QED) is 0.452. The van der Waals surface area contributed by atoms with Gasteiger partial charge in [0.15, 0.2) is 0 Å². The Labute approximate surface area is 204 Å². The van der Waals surface area contributed by atoms with E-state index in [1.165, 1.54) is 11.8 Å². The number of nitrogens with one attached hydrogen (secondary N) is 2. The molecule has 0 bridgehead atoms. The summed E-state index contributed by atoms with van der Waals surface area (Å²) < 4.78 is 7.34. The van der Waals surface area contributed by atoms with Gasteiger partial charge < -0.3 is 20.3 Å². The Bertz CT molecular complexity index is 994. The van der Waals surface area contributed by atoms with Gasteiger partial charge in [0.1, 0.15) is 12.6 Å². The van der Waals surface area contributed by atoms with Crippen LogP contribution in [0.2, 0.25) is 0 Å². The van der Waals surface area contributed by atoms with Gasteiger partial charge in [0, 0.05) is 11.4 Å². The number of tetrazole rings is 1. The zero-order valence-electron chi connectivity index (χ0n) is 19.7.